The van der Waals surface area contributed by atoms with Gasteiger partial charge in [-0.2, -0.15) is 4.98 Å². The molecule has 7 heteroatoms. The largest absolute Gasteiger partial charge is 0.324 e. The van der Waals surface area contributed by atoms with Gasteiger partial charge in [0.15, 0.2) is 0 Å². The Morgan fingerprint density at radius 1 is 1.27 bits per heavy atom. The zero-order chi connectivity index (χ0) is 15.4. The van der Waals surface area contributed by atoms with Crippen LogP contribution < -0.4 is 5.32 Å². The quantitative estimate of drug-likeness (QED) is 0.905. The van der Waals surface area contributed by atoms with Crippen molar-refractivity contribution in [2.24, 2.45) is 0 Å². The predicted octanol–water partition coefficient (Wildman–Crippen LogP) is 3.46. The van der Waals surface area contributed by atoms with E-state index in [2.05, 4.69) is 20.3 Å². The fourth-order valence-electron chi connectivity index (χ4n) is 2.64. The first-order valence-corrected chi connectivity index (χ1v) is 9.04. The Bertz CT molecular complexity index is 676. The van der Waals surface area contributed by atoms with Crippen LogP contribution in [-0.4, -0.2) is 24.4 Å². The number of nitrogens with zero attached hydrogens (tertiary/aromatic N) is 3. The van der Waals surface area contributed by atoms with Crippen LogP contribution in [0.25, 0.3) is 0 Å². The van der Waals surface area contributed by atoms with Crippen LogP contribution in [0.1, 0.15) is 31.2 Å². The zero-order valence-electron chi connectivity index (χ0n) is 12.0. The highest BCUT2D eigenvalue weighted by molar-refractivity contribution is 7.84. The highest BCUT2D eigenvalue weighted by atomic mass is 35.5. The topological polar surface area (TPSA) is 67.8 Å². The molecule has 1 aromatic carbocycles. The Hall–Kier alpha value is -1.53. The van der Waals surface area contributed by atoms with E-state index >= 15 is 0 Å². The second-order valence-corrected chi connectivity index (χ2v) is 7.39. The van der Waals surface area contributed by atoms with Crippen molar-refractivity contribution in [2.75, 3.05) is 5.32 Å². The van der Waals surface area contributed by atoms with Gasteiger partial charge in [0.05, 0.1) is 0 Å². The molecule has 22 heavy (non-hydrogen) atoms. The molecule has 0 spiro atoms. The molecule has 0 amide bonds. The minimum absolute atomic E-state index is 0.149. The third-order valence-corrected chi connectivity index (χ3v) is 5.72. The summed E-state index contributed by atoms with van der Waals surface area (Å²) in [7, 11) is -0.795. The van der Waals surface area contributed by atoms with Gasteiger partial charge in [-0.25, -0.2) is 9.97 Å². The predicted molar refractivity (Wildman–Crippen MR) is 88.7 cm³/mol. The van der Waals surface area contributed by atoms with E-state index < -0.39 is 10.8 Å². The maximum absolute atomic E-state index is 12.4. The standard InChI is InChI=1S/C15H17ClN4OS/c16-14-17-10-18-15(20-14)19-12-5-3-4-11(8-12)9-22(21)13-6-1-2-7-13/h3-5,8,10,13H,1-2,6-7,9H2,(H,17,18,19,20). The van der Waals surface area contributed by atoms with Gasteiger partial charge in [-0.05, 0) is 42.1 Å². The van der Waals surface area contributed by atoms with Crippen molar-refractivity contribution in [3.8, 4) is 0 Å². The van der Waals surface area contributed by atoms with E-state index in [1.807, 2.05) is 24.3 Å². The van der Waals surface area contributed by atoms with Gasteiger partial charge in [0.25, 0.3) is 0 Å². The van der Waals surface area contributed by atoms with Crippen molar-refractivity contribution < 1.29 is 4.21 Å². The van der Waals surface area contributed by atoms with E-state index in [0.717, 1.165) is 24.1 Å². The fraction of sp³-hybridized carbons (Fsp3) is 0.400. The molecule has 0 aliphatic heterocycles. The number of halogens is 1. The monoisotopic (exact) mass is 336 g/mol. The summed E-state index contributed by atoms with van der Waals surface area (Å²) in [6.07, 6.45) is 5.95. The minimum atomic E-state index is -0.795. The van der Waals surface area contributed by atoms with Gasteiger partial charge in [-0.1, -0.05) is 25.0 Å². The minimum Gasteiger partial charge on any atom is -0.324 e. The maximum atomic E-state index is 12.4. The van der Waals surface area contributed by atoms with Crippen molar-refractivity contribution in [1.29, 1.82) is 0 Å². The molecule has 1 fully saturated rings. The summed E-state index contributed by atoms with van der Waals surface area (Å²) in [6.45, 7) is 0. The molecule has 3 rings (SSSR count). The fourth-order valence-corrected chi connectivity index (χ4v) is 4.36. The van der Waals surface area contributed by atoms with Crippen LogP contribution in [0, 0.1) is 0 Å². The summed E-state index contributed by atoms with van der Waals surface area (Å²) < 4.78 is 12.4. The van der Waals surface area contributed by atoms with Crippen LogP contribution in [0.5, 0.6) is 0 Å². The molecular weight excluding hydrogens is 320 g/mol. The third-order valence-electron chi connectivity index (χ3n) is 3.71. The lowest BCUT2D eigenvalue weighted by molar-refractivity contribution is 0.668. The lowest BCUT2D eigenvalue weighted by atomic mass is 10.2. The van der Waals surface area contributed by atoms with E-state index in [9.17, 15) is 4.21 Å². The maximum Gasteiger partial charge on any atom is 0.231 e. The average Bonchev–Trinajstić information content (AvgIpc) is 3.02. The number of anilines is 2. The first-order chi connectivity index (χ1) is 10.7. The normalized spacial score (nSPS) is 16.6. The molecule has 2 aromatic rings. The van der Waals surface area contributed by atoms with E-state index in [1.165, 1.54) is 19.2 Å². The van der Waals surface area contributed by atoms with Gasteiger partial charge in [-0.15, -0.1) is 0 Å². The smallest absolute Gasteiger partial charge is 0.231 e. The van der Waals surface area contributed by atoms with Crippen LogP contribution in [0.3, 0.4) is 0 Å². The van der Waals surface area contributed by atoms with E-state index in [-0.39, 0.29) is 5.28 Å². The zero-order valence-corrected chi connectivity index (χ0v) is 13.6. The Morgan fingerprint density at radius 3 is 2.86 bits per heavy atom. The number of aromatic nitrogens is 3. The highest BCUT2D eigenvalue weighted by Gasteiger charge is 2.21. The molecule has 1 heterocycles. The third kappa shape index (κ3) is 4.01. The molecule has 1 aliphatic carbocycles. The molecule has 1 unspecified atom stereocenters. The molecule has 1 saturated carbocycles. The number of hydrogen-bond donors (Lipinski definition) is 1. The SMILES string of the molecule is O=S(Cc1cccc(Nc2ncnc(Cl)n2)c1)C1CCCC1. The Labute approximate surface area is 137 Å². The van der Waals surface area contributed by atoms with Crippen molar-refractivity contribution in [3.63, 3.8) is 0 Å². The number of rotatable bonds is 5. The highest BCUT2D eigenvalue weighted by Crippen LogP contribution is 2.25. The second-order valence-electron chi connectivity index (χ2n) is 5.34. The van der Waals surface area contributed by atoms with Crippen molar-refractivity contribution in [1.82, 2.24) is 15.0 Å². The van der Waals surface area contributed by atoms with Crippen LogP contribution in [0.15, 0.2) is 30.6 Å². The summed E-state index contributed by atoms with van der Waals surface area (Å²) >= 11 is 5.74. The molecule has 5 nitrogen and oxygen atoms in total. The molecule has 116 valence electrons. The molecule has 0 radical (unpaired) electrons. The Morgan fingerprint density at radius 2 is 2.09 bits per heavy atom. The average molecular weight is 337 g/mol. The summed E-state index contributed by atoms with van der Waals surface area (Å²) in [5.41, 5.74) is 1.90. The number of benzene rings is 1. The van der Waals surface area contributed by atoms with Gasteiger partial charge in [0.1, 0.15) is 6.33 Å². The van der Waals surface area contributed by atoms with Crippen LogP contribution in [0.2, 0.25) is 5.28 Å². The van der Waals surface area contributed by atoms with Gasteiger partial charge in [0, 0.05) is 27.5 Å². The van der Waals surface area contributed by atoms with Gasteiger partial charge >= 0.3 is 0 Å². The van der Waals surface area contributed by atoms with E-state index in [4.69, 9.17) is 11.6 Å². The summed E-state index contributed by atoms with van der Waals surface area (Å²) in [5.74, 6) is 0.993. The lowest BCUT2D eigenvalue weighted by Gasteiger charge is -2.10. The second kappa shape index (κ2) is 7.15. The molecule has 1 aliphatic rings. The first kappa shape index (κ1) is 15.4. The summed E-state index contributed by atoms with van der Waals surface area (Å²) in [4.78, 5) is 11.8. The lowest BCUT2D eigenvalue weighted by Crippen LogP contribution is -2.12. The molecule has 0 bridgehead atoms. The van der Waals surface area contributed by atoms with Crippen LogP contribution in [-0.2, 0) is 16.6 Å². The summed E-state index contributed by atoms with van der Waals surface area (Å²) in [5, 5.41) is 3.59. The van der Waals surface area contributed by atoms with E-state index in [1.54, 1.807) is 0 Å². The van der Waals surface area contributed by atoms with Crippen molar-refractivity contribution >= 4 is 34.0 Å². The van der Waals surface area contributed by atoms with Crippen LogP contribution in [0.4, 0.5) is 11.6 Å². The number of hydrogen-bond acceptors (Lipinski definition) is 5. The van der Waals surface area contributed by atoms with Gasteiger partial charge < -0.3 is 5.32 Å². The van der Waals surface area contributed by atoms with Crippen molar-refractivity contribution in [3.05, 3.63) is 41.4 Å². The Balaban J connectivity index is 1.68. The molecule has 0 saturated heterocycles. The van der Waals surface area contributed by atoms with E-state index in [0.29, 0.717) is 17.0 Å². The Kier molecular flexibility index (Phi) is 5.00. The first-order valence-electron chi connectivity index (χ1n) is 7.28. The molecule has 1 N–H and O–H groups in total. The summed E-state index contributed by atoms with van der Waals surface area (Å²) in [6, 6.07) is 7.83. The van der Waals surface area contributed by atoms with Gasteiger partial charge in [-0.3, -0.25) is 4.21 Å². The van der Waals surface area contributed by atoms with Crippen molar-refractivity contribution in [2.45, 2.75) is 36.7 Å². The van der Waals surface area contributed by atoms with Gasteiger partial charge in [0.2, 0.25) is 11.2 Å². The van der Waals surface area contributed by atoms with Crippen LogP contribution >= 0.6 is 11.6 Å². The molecule has 1 aromatic heterocycles. The number of nitrogens with one attached hydrogen (secondary N) is 1. The molecular formula is C15H17ClN4OS. The molecule has 1 atom stereocenters.